The summed E-state index contributed by atoms with van der Waals surface area (Å²) in [6, 6.07) is 0. The second kappa shape index (κ2) is 5.25. The Balaban J connectivity index is 1.54. The second-order valence-corrected chi connectivity index (χ2v) is 9.08. The Hall–Kier alpha value is -0.520. The molecule has 0 heteroatoms. The van der Waals surface area contributed by atoms with Crippen molar-refractivity contribution in [2.45, 2.75) is 70.6 Å². The first-order valence-electron chi connectivity index (χ1n) is 10.3. The summed E-state index contributed by atoms with van der Waals surface area (Å²) in [5, 5.41) is 0. The normalized spacial score (nSPS) is 43.8. The number of allylic oxidation sites excluding steroid dienone is 4. The third-order valence-electron chi connectivity index (χ3n) is 8.33. The lowest BCUT2D eigenvalue weighted by Gasteiger charge is -2.52. The molecule has 0 amide bonds. The molecule has 0 aliphatic heterocycles. The Bertz CT molecular complexity index is 454. The van der Waals surface area contributed by atoms with Gasteiger partial charge in [0.25, 0.3) is 0 Å². The fraction of sp³-hybridized carbons (Fsp3) is 0.818. The molecule has 0 radical (unpaired) electrons. The summed E-state index contributed by atoms with van der Waals surface area (Å²) in [6.45, 7) is 0. The molecule has 0 aromatic heterocycles. The largest absolute Gasteiger partial charge is 0.0848 e. The molecule has 4 unspecified atom stereocenters. The molecule has 5 rings (SSSR count). The second-order valence-electron chi connectivity index (χ2n) is 9.08. The van der Waals surface area contributed by atoms with E-state index in [0.717, 1.165) is 35.5 Å². The van der Waals surface area contributed by atoms with E-state index in [1.165, 1.54) is 70.6 Å². The molecule has 0 aromatic rings. The van der Waals surface area contributed by atoms with Gasteiger partial charge in [-0.3, -0.25) is 0 Å². The van der Waals surface area contributed by atoms with Crippen molar-refractivity contribution in [1.82, 2.24) is 0 Å². The van der Waals surface area contributed by atoms with E-state index in [2.05, 4.69) is 24.3 Å². The van der Waals surface area contributed by atoms with E-state index >= 15 is 0 Å². The van der Waals surface area contributed by atoms with Gasteiger partial charge < -0.3 is 0 Å². The van der Waals surface area contributed by atoms with E-state index < -0.39 is 0 Å². The fourth-order valence-electron chi connectivity index (χ4n) is 7.57. The zero-order valence-corrected chi connectivity index (χ0v) is 14.1. The lowest BCUT2D eigenvalue weighted by Crippen LogP contribution is -2.45. The minimum absolute atomic E-state index is 0.607. The van der Waals surface area contributed by atoms with Gasteiger partial charge in [0, 0.05) is 0 Å². The fourth-order valence-corrected chi connectivity index (χ4v) is 7.57. The quantitative estimate of drug-likeness (QED) is 0.537. The minimum Gasteiger partial charge on any atom is -0.0848 e. The molecule has 0 nitrogen and oxygen atoms in total. The first kappa shape index (κ1) is 13.9. The van der Waals surface area contributed by atoms with Crippen LogP contribution in [0.2, 0.25) is 0 Å². The lowest BCUT2D eigenvalue weighted by molar-refractivity contribution is -0.000685. The van der Waals surface area contributed by atoms with Crippen LogP contribution < -0.4 is 0 Å². The van der Waals surface area contributed by atoms with Crippen LogP contribution in [-0.4, -0.2) is 0 Å². The molecule has 5 aliphatic rings. The van der Waals surface area contributed by atoms with E-state index in [1.54, 1.807) is 0 Å². The van der Waals surface area contributed by atoms with Crippen LogP contribution in [0.15, 0.2) is 24.3 Å². The number of rotatable bonds is 2. The van der Waals surface area contributed by atoms with Crippen LogP contribution in [-0.2, 0) is 0 Å². The number of hydrogen-bond acceptors (Lipinski definition) is 0. The molecule has 4 atom stereocenters. The molecular formula is C22H32. The topological polar surface area (TPSA) is 0 Å². The summed E-state index contributed by atoms with van der Waals surface area (Å²) in [4.78, 5) is 0. The predicted molar refractivity (Wildman–Crippen MR) is 92.4 cm³/mol. The third-order valence-corrected chi connectivity index (χ3v) is 8.33. The monoisotopic (exact) mass is 296 g/mol. The molecule has 2 bridgehead atoms. The van der Waals surface area contributed by atoms with Crippen LogP contribution in [0.3, 0.4) is 0 Å². The lowest BCUT2D eigenvalue weighted by atomic mass is 9.52. The first-order chi connectivity index (χ1) is 10.9. The van der Waals surface area contributed by atoms with Gasteiger partial charge in [-0.15, -0.1) is 0 Å². The van der Waals surface area contributed by atoms with Crippen molar-refractivity contribution < 1.29 is 0 Å². The molecule has 5 aliphatic carbocycles. The zero-order chi connectivity index (χ0) is 14.6. The van der Waals surface area contributed by atoms with Crippen molar-refractivity contribution in [3.63, 3.8) is 0 Å². The van der Waals surface area contributed by atoms with Gasteiger partial charge in [0.05, 0.1) is 0 Å². The van der Waals surface area contributed by atoms with E-state index in [-0.39, 0.29) is 0 Å². The molecule has 0 spiro atoms. The van der Waals surface area contributed by atoms with Crippen LogP contribution in [0.4, 0.5) is 0 Å². The van der Waals surface area contributed by atoms with Gasteiger partial charge in [0.2, 0.25) is 0 Å². The zero-order valence-electron chi connectivity index (χ0n) is 14.1. The van der Waals surface area contributed by atoms with E-state index in [0.29, 0.717) is 5.41 Å². The summed E-state index contributed by atoms with van der Waals surface area (Å²) in [5.74, 6) is 5.77. The maximum atomic E-state index is 2.82. The van der Waals surface area contributed by atoms with Crippen LogP contribution >= 0.6 is 0 Å². The summed E-state index contributed by atoms with van der Waals surface area (Å²) < 4.78 is 0. The van der Waals surface area contributed by atoms with Gasteiger partial charge in [0.1, 0.15) is 0 Å². The number of hydrogen-bond donors (Lipinski definition) is 0. The van der Waals surface area contributed by atoms with Crippen LogP contribution in [0.1, 0.15) is 70.6 Å². The average Bonchev–Trinajstić information content (AvgIpc) is 3.29. The maximum absolute atomic E-state index is 2.82. The van der Waals surface area contributed by atoms with Gasteiger partial charge in [-0.2, -0.15) is 0 Å². The molecular weight excluding hydrogens is 264 g/mol. The molecule has 0 N–H and O–H groups in total. The van der Waals surface area contributed by atoms with Crippen molar-refractivity contribution in [3.05, 3.63) is 24.3 Å². The van der Waals surface area contributed by atoms with Gasteiger partial charge in [-0.1, -0.05) is 62.8 Å². The highest BCUT2D eigenvalue weighted by Gasteiger charge is 2.60. The summed E-state index contributed by atoms with van der Waals surface area (Å²) in [5.41, 5.74) is 0.607. The Morgan fingerprint density at radius 1 is 0.636 bits per heavy atom. The van der Waals surface area contributed by atoms with Crippen LogP contribution in [0.5, 0.6) is 0 Å². The van der Waals surface area contributed by atoms with E-state index in [9.17, 15) is 0 Å². The summed E-state index contributed by atoms with van der Waals surface area (Å²) in [7, 11) is 0. The molecule has 3 fully saturated rings. The van der Waals surface area contributed by atoms with E-state index in [4.69, 9.17) is 0 Å². The highest BCUT2D eigenvalue weighted by Crippen LogP contribution is 2.67. The Labute approximate surface area is 136 Å². The molecule has 0 saturated heterocycles. The molecule has 3 saturated carbocycles. The van der Waals surface area contributed by atoms with Crippen LogP contribution in [0, 0.1) is 40.9 Å². The first-order valence-corrected chi connectivity index (χ1v) is 10.3. The molecule has 22 heavy (non-hydrogen) atoms. The average molecular weight is 296 g/mol. The van der Waals surface area contributed by atoms with Gasteiger partial charge in [-0.05, 0) is 73.0 Å². The van der Waals surface area contributed by atoms with Crippen molar-refractivity contribution in [1.29, 1.82) is 0 Å². The Kier molecular flexibility index (Phi) is 3.31. The van der Waals surface area contributed by atoms with Crippen molar-refractivity contribution >= 4 is 0 Å². The van der Waals surface area contributed by atoms with Gasteiger partial charge in [0.15, 0.2) is 0 Å². The number of fused-ring (bicyclic) bond motifs is 5. The summed E-state index contributed by atoms with van der Waals surface area (Å²) >= 11 is 0. The Morgan fingerprint density at radius 3 is 1.86 bits per heavy atom. The predicted octanol–water partition coefficient (Wildman–Crippen LogP) is 6.14. The van der Waals surface area contributed by atoms with Crippen LogP contribution in [0.25, 0.3) is 0 Å². The van der Waals surface area contributed by atoms with Gasteiger partial charge >= 0.3 is 0 Å². The standard InChI is InChI=1S/C22H32/c1-3-7-18(8-4-1)22(19-9-5-2-6-10-19)14-13-20-16-11-12-17(15-16)21(20)22/h11-14,16-21H,1-10,15H2. The van der Waals surface area contributed by atoms with Gasteiger partial charge in [-0.25, -0.2) is 0 Å². The highest BCUT2D eigenvalue weighted by atomic mass is 14.6. The minimum atomic E-state index is 0.607. The van der Waals surface area contributed by atoms with Crippen molar-refractivity contribution in [2.24, 2.45) is 40.9 Å². The van der Waals surface area contributed by atoms with Crippen molar-refractivity contribution in [3.8, 4) is 0 Å². The van der Waals surface area contributed by atoms with E-state index in [1.807, 2.05) is 0 Å². The Morgan fingerprint density at radius 2 is 1.23 bits per heavy atom. The molecule has 0 aromatic carbocycles. The smallest absolute Gasteiger partial charge is 0.00220 e. The maximum Gasteiger partial charge on any atom is -0.00220 e. The SMILES string of the molecule is C1=CC2CC1C1C=CC(C3CCCCC3)(C3CCCCC3)C21. The molecule has 0 heterocycles. The highest BCUT2D eigenvalue weighted by molar-refractivity contribution is 5.30. The summed E-state index contributed by atoms with van der Waals surface area (Å²) in [6.07, 6.45) is 27.4. The van der Waals surface area contributed by atoms with Crippen molar-refractivity contribution in [2.75, 3.05) is 0 Å². The molecule has 120 valence electrons. The third kappa shape index (κ3) is 1.82.